The van der Waals surface area contributed by atoms with Crippen molar-refractivity contribution >= 4 is 16.3 Å². The average Bonchev–Trinajstić information content (AvgIpc) is 2.76. The monoisotopic (exact) mass is 301 g/mol. The molecule has 108 valence electrons. The summed E-state index contributed by atoms with van der Waals surface area (Å²) in [5.41, 5.74) is 2.73. The fourth-order valence-electron chi connectivity index (χ4n) is 2.20. The highest BCUT2D eigenvalue weighted by molar-refractivity contribution is 7.16. The molecule has 0 unspecified atom stereocenters. The Kier molecular flexibility index (Phi) is 3.47. The first-order valence-corrected chi connectivity index (χ1v) is 7.40. The lowest BCUT2D eigenvalue weighted by Crippen LogP contribution is -2.16. The minimum absolute atomic E-state index is 0.177. The summed E-state index contributed by atoms with van der Waals surface area (Å²) in [5, 5.41) is 4.93. The molecule has 0 bridgehead atoms. The Morgan fingerprint density at radius 3 is 2.57 bits per heavy atom. The van der Waals surface area contributed by atoms with Gasteiger partial charge >= 0.3 is 0 Å². The fraction of sp³-hybridized carbons (Fsp3) is 0.267. The first-order valence-electron chi connectivity index (χ1n) is 6.59. The standard InChI is InChI=1S/C15H15N3O2S/c1-9-4-10(2)6-13(5-9)20-8-12-7-14(19)18-15(16-12)21-11(3)17-18/h4-7H,8H2,1-3H3. The third kappa shape index (κ3) is 2.95. The highest BCUT2D eigenvalue weighted by Gasteiger charge is 2.07. The van der Waals surface area contributed by atoms with Gasteiger partial charge in [0.1, 0.15) is 17.4 Å². The lowest BCUT2D eigenvalue weighted by Gasteiger charge is -2.07. The van der Waals surface area contributed by atoms with E-state index in [0.717, 1.165) is 21.9 Å². The zero-order valence-electron chi connectivity index (χ0n) is 12.1. The van der Waals surface area contributed by atoms with Gasteiger partial charge in [-0.25, -0.2) is 4.98 Å². The summed E-state index contributed by atoms with van der Waals surface area (Å²) in [4.78, 5) is 17.0. The molecule has 2 heterocycles. The molecule has 0 radical (unpaired) electrons. The number of hydrogen-bond donors (Lipinski definition) is 0. The number of benzene rings is 1. The maximum atomic E-state index is 11.9. The van der Waals surface area contributed by atoms with E-state index in [0.29, 0.717) is 10.7 Å². The average molecular weight is 301 g/mol. The SMILES string of the molecule is Cc1cc(C)cc(OCc2cc(=O)n3nc(C)sc3n2)c1. The van der Waals surface area contributed by atoms with Crippen LogP contribution in [0.1, 0.15) is 21.8 Å². The van der Waals surface area contributed by atoms with E-state index in [1.807, 2.05) is 32.9 Å². The highest BCUT2D eigenvalue weighted by atomic mass is 32.1. The van der Waals surface area contributed by atoms with Crippen LogP contribution in [-0.4, -0.2) is 14.6 Å². The molecule has 0 saturated heterocycles. The molecule has 5 nitrogen and oxygen atoms in total. The van der Waals surface area contributed by atoms with Crippen LogP contribution in [0.4, 0.5) is 0 Å². The number of fused-ring (bicyclic) bond motifs is 1. The highest BCUT2D eigenvalue weighted by Crippen LogP contribution is 2.17. The van der Waals surface area contributed by atoms with Gasteiger partial charge in [0.15, 0.2) is 0 Å². The van der Waals surface area contributed by atoms with Crippen LogP contribution in [0.2, 0.25) is 0 Å². The van der Waals surface area contributed by atoms with E-state index in [9.17, 15) is 4.79 Å². The van der Waals surface area contributed by atoms with Crippen LogP contribution in [-0.2, 0) is 6.61 Å². The Morgan fingerprint density at radius 1 is 1.14 bits per heavy atom. The summed E-state index contributed by atoms with van der Waals surface area (Å²) in [7, 11) is 0. The third-order valence-electron chi connectivity index (χ3n) is 2.98. The van der Waals surface area contributed by atoms with Crippen molar-refractivity contribution in [2.24, 2.45) is 0 Å². The Hall–Kier alpha value is -2.21. The molecule has 0 aliphatic heterocycles. The van der Waals surface area contributed by atoms with E-state index >= 15 is 0 Å². The lowest BCUT2D eigenvalue weighted by molar-refractivity contribution is 0.301. The number of hydrogen-bond acceptors (Lipinski definition) is 5. The van der Waals surface area contributed by atoms with Crippen LogP contribution >= 0.6 is 11.3 Å². The van der Waals surface area contributed by atoms with Gasteiger partial charge in [-0.1, -0.05) is 17.4 Å². The van der Waals surface area contributed by atoms with Crippen molar-refractivity contribution in [1.82, 2.24) is 14.6 Å². The molecule has 3 rings (SSSR count). The van der Waals surface area contributed by atoms with E-state index in [1.54, 1.807) is 0 Å². The van der Waals surface area contributed by atoms with Gasteiger partial charge < -0.3 is 4.74 Å². The summed E-state index contributed by atoms with van der Waals surface area (Å²) in [5.74, 6) is 0.787. The van der Waals surface area contributed by atoms with Crippen molar-refractivity contribution in [2.45, 2.75) is 27.4 Å². The number of ether oxygens (including phenoxy) is 1. The van der Waals surface area contributed by atoms with Crippen LogP contribution in [0.15, 0.2) is 29.1 Å². The maximum Gasteiger partial charge on any atom is 0.275 e. The van der Waals surface area contributed by atoms with Gasteiger partial charge in [0.05, 0.1) is 5.69 Å². The predicted octanol–water partition coefficient (Wildman–Crippen LogP) is 2.66. The van der Waals surface area contributed by atoms with Crippen LogP contribution in [0.25, 0.3) is 4.96 Å². The molecule has 6 heteroatoms. The van der Waals surface area contributed by atoms with Crippen LogP contribution < -0.4 is 10.3 Å². The van der Waals surface area contributed by atoms with Gasteiger partial charge in [0, 0.05) is 6.07 Å². The Balaban J connectivity index is 1.86. The first-order chi connectivity index (χ1) is 10.0. The van der Waals surface area contributed by atoms with Crippen molar-refractivity contribution < 1.29 is 4.74 Å². The van der Waals surface area contributed by atoms with Crippen molar-refractivity contribution in [3.05, 3.63) is 56.4 Å². The van der Waals surface area contributed by atoms with Crippen molar-refractivity contribution in [2.75, 3.05) is 0 Å². The molecule has 0 fully saturated rings. The molecule has 0 aliphatic rings. The topological polar surface area (TPSA) is 56.5 Å². The van der Waals surface area contributed by atoms with Gasteiger partial charge in [0.25, 0.3) is 5.56 Å². The first kappa shape index (κ1) is 13.8. The number of rotatable bonds is 3. The zero-order chi connectivity index (χ0) is 15.0. The molecule has 0 aliphatic carbocycles. The summed E-state index contributed by atoms with van der Waals surface area (Å²) in [6.07, 6.45) is 0. The van der Waals surface area contributed by atoms with Crippen LogP contribution in [0, 0.1) is 20.8 Å². The minimum Gasteiger partial charge on any atom is -0.487 e. The second-order valence-corrected chi connectivity index (χ2v) is 6.17. The molecular weight excluding hydrogens is 286 g/mol. The summed E-state index contributed by atoms with van der Waals surface area (Å²) >= 11 is 1.39. The third-order valence-corrected chi connectivity index (χ3v) is 3.80. The zero-order valence-corrected chi connectivity index (χ0v) is 12.9. The van der Waals surface area contributed by atoms with Gasteiger partial charge in [-0.3, -0.25) is 4.79 Å². The Morgan fingerprint density at radius 2 is 1.86 bits per heavy atom. The van der Waals surface area contributed by atoms with E-state index in [1.165, 1.54) is 21.9 Å². The Bertz CT molecular complexity index is 847. The fourth-order valence-corrected chi connectivity index (χ4v) is 2.97. The van der Waals surface area contributed by atoms with Crippen LogP contribution in [0.5, 0.6) is 5.75 Å². The molecular formula is C15H15N3O2S. The van der Waals surface area contributed by atoms with Gasteiger partial charge in [-0.2, -0.15) is 9.61 Å². The quantitative estimate of drug-likeness (QED) is 0.746. The molecule has 3 aromatic rings. The summed E-state index contributed by atoms with van der Waals surface area (Å²) in [6, 6.07) is 7.49. The molecule has 2 aromatic heterocycles. The van der Waals surface area contributed by atoms with E-state index in [4.69, 9.17) is 4.74 Å². The predicted molar refractivity (Wildman–Crippen MR) is 82.1 cm³/mol. The number of nitrogens with zero attached hydrogens (tertiary/aromatic N) is 3. The van der Waals surface area contributed by atoms with Gasteiger partial charge in [0.2, 0.25) is 4.96 Å². The second kappa shape index (κ2) is 5.29. The molecule has 0 spiro atoms. The smallest absolute Gasteiger partial charge is 0.275 e. The van der Waals surface area contributed by atoms with E-state index < -0.39 is 0 Å². The number of aromatic nitrogens is 3. The summed E-state index contributed by atoms with van der Waals surface area (Å²) in [6.45, 7) is 6.17. The molecule has 1 aromatic carbocycles. The molecule has 0 saturated carbocycles. The maximum absolute atomic E-state index is 11.9. The lowest BCUT2D eigenvalue weighted by atomic mass is 10.1. The molecule has 0 N–H and O–H groups in total. The Labute approximate surface area is 125 Å². The van der Waals surface area contributed by atoms with Gasteiger partial charge in [-0.05, 0) is 44.0 Å². The largest absolute Gasteiger partial charge is 0.487 e. The second-order valence-electron chi connectivity index (χ2n) is 5.01. The number of aryl methyl sites for hydroxylation is 3. The normalized spacial score (nSPS) is 11.0. The molecule has 0 atom stereocenters. The van der Waals surface area contributed by atoms with Crippen LogP contribution in [0.3, 0.4) is 0 Å². The van der Waals surface area contributed by atoms with Crippen molar-refractivity contribution in [3.8, 4) is 5.75 Å². The molecule has 0 amide bonds. The van der Waals surface area contributed by atoms with E-state index in [-0.39, 0.29) is 12.2 Å². The molecule has 21 heavy (non-hydrogen) atoms. The van der Waals surface area contributed by atoms with E-state index in [2.05, 4.69) is 16.1 Å². The van der Waals surface area contributed by atoms with Gasteiger partial charge in [-0.15, -0.1) is 0 Å². The van der Waals surface area contributed by atoms with Crippen molar-refractivity contribution in [3.63, 3.8) is 0 Å². The van der Waals surface area contributed by atoms with Crippen molar-refractivity contribution in [1.29, 1.82) is 0 Å². The summed E-state index contributed by atoms with van der Waals surface area (Å²) < 4.78 is 7.06. The minimum atomic E-state index is -0.177.